The van der Waals surface area contributed by atoms with E-state index in [2.05, 4.69) is 22.2 Å². The molecule has 1 saturated heterocycles. The third-order valence-corrected chi connectivity index (χ3v) is 7.57. The molecule has 1 fully saturated rings. The minimum Gasteiger partial charge on any atom is -0.340 e. The van der Waals surface area contributed by atoms with Crippen LogP contribution in [-0.2, 0) is 20.1 Å². The average molecular weight is 522 g/mol. The van der Waals surface area contributed by atoms with E-state index in [0.29, 0.717) is 29.9 Å². The number of nitrogens with one attached hydrogen (secondary N) is 1. The highest BCUT2D eigenvalue weighted by Crippen LogP contribution is 2.26. The number of likely N-dealkylation sites (N-methyl/N-ethyl adjacent to an activating group) is 1. The van der Waals surface area contributed by atoms with Gasteiger partial charge in [-0.3, -0.25) is 18.9 Å². The van der Waals surface area contributed by atoms with Crippen molar-refractivity contribution in [1.82, 2.24) is 28.8 Å². The number of pyridine rings is 1. The van der Waals surface area contributed by atoms with E-state index in [1.807, 2.05) is 72.8 Å². The lowest BCUT2D eigenvalue weighted by Crippen LogP contribution is -2.41. The Balaban J connectivity index is 1.46. The monoisotopic (exact) mass is 521 g/mol. The molecule has 9 nitrogen and oxygen atoms in total. The number of anilines is 2. The molecule has 0 spiro atoms. The summed E-state index contributed by atoms with van der Waals surface area (Å²) in [4.78, 5) is 33.6. The van der Waals surface area contributed by atoms with Crippen molar-refractivity contribution in [3.05, 3.63) is 105 Å². The summed E-state index contributed by atoms with van der Waals surface area (Å²) in [5.41, 5.74) is 3.48. The number of hydrogen-bond donors (Lipinski definition) is 1. The van der Waals surface area contributed by atoms with Gasteiger partial charge in [-0.2, -0.15) is 5.10 Å². The smallest absolute Gasteiger partial charge is 0.332 e. The van der Waals surface area contributed by atoms with Crippen LogP contribution in [0.15, 0.2) is 88.6 Å². The zero-order valence-electron chi connectivity index (χ0n) is 22.1. The molecule has 3 aromatic heterocycles. The van der Waals surface area contributed by atoms with Gasteiger partial charge in [-0.15, -0.1) is 0 Å². The van der Waals surface area contributed by atoms with Crippen molar-refractivity contribution in [3.63, 3.8) is 0 Å². The molecule has 1 atom stereocenters. The molecular weight excluding hydrogens is 490 g/mol. The predicted molar refractivity (Wildman–Crippen MR) is 153 cm³/mol. The van der Waals surface area contributed by atoms with Gasteiger partial charge in [0.2, 0.25) is 0 Å². The van der Waals surface area contributed by atoms with E-state index in [4.69, 9.17) is 5.10 Å². The molecule has 5 aromatic rings. The molecule has 2 aromatic carbocycles. The highest BCUT2D eigenvalue weighted by Gasteiger charge is 2.26. The molecule has 0 saturated carbocycles. The van der Waals surface area contributed by atoms with Crippen LogP contribution in [-0.4, -0.2) is 48.4 Å². The van der Waals surface area contributed by atoms with E-state index in [-0.39, 0.29) is 17.3 Å². The van der Waals surface area contributed by atoms with Crippen LogP contribution in [0.1, 0.15) is 18.4 Å². The number of aromatic nitrogens is 5. The molecule has 1 aliphatic heterocycles. The molecule has 1 unspecified atom stereocenters. The lowest BCUT2D eigenvalue weighted by Gasteiger charge is -2.20. The number of rotatable bonds is 7. The summed E-state index contributed by atoms with van der Waals surface area (Å²) in [5, 5.41) is 8.72. The second-order valence-electron chi connectivity index (χ2n) is 10.1. The van der Waals surface area contributed by atoms with Crippen molar-refractivity contribution in [2.45, 2.75) is 32.0 Å². The third kappa shape index (κ3) is 4.77. The number of fused-ring (bicyclic) bond motifs is 1. The van der Waals surface area contributed by atoms with Crippen LogP contribution in [0.5, 0.6) is 0 Å². The van der Waals surface area contributed by atoms with E-state index < -0.39 is 0 Å². The van der Waals surface area contributed by atoms with Gasteiger partial charge in [-0.1, -0.05) is 48.5 Å². The topological polar surface area (TPSA) is 90.0 Å². The number of para-hydroxylation sites is 1. The van der Waals surface area contributed by atoms with Crippen LogP contribution in [0.2, 0.25) is 0 Å². The first-order chi connectivity index (χ1) is 19.0. The minimum absolute atomic E-state index is 0.221. The van der Waals surface area contributed by atoms with Gasteiger partial charge in [0.05, 0.1) is 12.2 Å². The van der Waals surface area contributed by atoms with Crippen molar-refractivity contribution in [3.8, 4) is 11.3 Å². The Morgan fingerprint density at radius 1 is 0.949 bits per heavy atom. The van der Waals surface area contributed by atoms with E-state index in [0.717, 1.165) is 41.9 Å². The molecule has 1 N–H and O–H groups in total. The maximum atomic E-state index is 13.5. The molecule has 4 heterocycles. The molecule has 1 aliphatic rings. The van der Waals surface area contributed by atoms with Gasteiger partial charge in [0, 0.05) is 37.1 Å². The largest absolute Gasteiger partial charge is 0.340 e. The van der Waals surface area contributed by atoms with Crippen molar-refractivity contribution in [1.29, 1.82) is 0 Å². The summed E-state index contributed by atoms with van der Waals surface area (Å²) in [6, 6.07) is 23.9. The molecule has 0 bridgehead atoms. The molecule has 9 heteroatoms. The SMILES string of the molecule is CN1CCCC1Cn1c(=O)n(C)c(=O)c2c(Nc3ccccc3)n(Cc3ccc(-c4ccccn4)cc3)nc21. The maximum Gasteiger partial charge on any atom is 0.332 e. The lowest BCUT2D eigenvalue weighted by molar-refractivity contribution is 0.280. The Hall–Kier alpha value is -4.50. The normalized spacial score (nSPS) is 15.7. The van der Waals surface area contributed by atoms with E-state index in [9.17, 15) is 9.59 Å². The van der Waals surface area contributed by atoms with Crippen molar-refractivity contribution >= 4 is 22.5 Å². The number of hydrogen-bond acceptors (Lipinski definition) is 6. The van der Waals surface area contributed by atoms with Crippen LogP contribution in [0.3, 0.4) is 0 Å². The quantitative estimate of drug-likeness (QED) is 0.350. The predicted octanol–water partition coefficient (Wildman–Crippen LogP) is 3.84. The van der Waals surface area contributed by atoms with Crippen molar-refractivity contribution in [2.75, 3.05) is 18.9 Å². The summed E-state index contributed by atoms with van der Waals surface area (Å²) in [6.07, 6.45) is 3.88. The first kappa shape index (κ1) is 24.8. The minimum atomic E-state index is -0.360. The van der Waals surface area contributed by atoms with Crippen LogP contribution < -0.4 is 16.6 Å². The fourth-order valence-corrected chi connectivity index (χ4v) is 5.33. The summed E-state index contributed by atoms with van der Waals surface area (Å²) < 4.78 is 4.66. The van der Waals surface area contributed by atoms with E-state index >= 15 is 0 Å². The third-order valence-electron chi connectivity index (χ3n) is 7.57. The standard InChI is InChI=1S/C30H31N7O2/c1-34-18-8-11-24(34)20-36-28-26(29(38)35(2)30(36)39)27(32-23-9-4-3-5-10-23)37(33-28)19-21-13-15-22(16-14-21)25-12-6-7-17-31-25/h3-7,9-10,12-17,24,32H,8,11,18-20H2,1-2H3. The second-order valence-corrected chi connectivity index (χ2v) is 10.1. The first-order valence-corrected chi connectivity index (χ1v) is 13.2. The van der Waals surface area contributed by atoms with Crippen LogP contribution in [0.25, 0.3) is 22.3 Å². The summed E-state index contributed by atoms with van der Waals surface area (Å²) in [5.74, 6) is 0.569. The highest BCUT2D eigenvalue weighted by atomic mass is 16.2. The number of nitrogens with zero attached hydrogens (tertiary/aromatic N) is 6. The summed E-state index contributed by atoms with van der Waals surface area (Å²) in [7, 11) is 3.62. The summed E-state index contributed by atoms with van der Waals surface area (Å²) in [6.45, 7) is 1.91. The first-order valence-electron chi connectivity index (χ1n) is 13.2. The van der Waals surface area contributed by atoms with Crippen LogP contribution in [0, 0.1) is 0 Å². The lowest BCUT2D eigenvalue weighted by atomic mass is 10.1. The van der Waals surface area contributed by atoms with Gasteiger partial charge in [-0.05, 0) is 56.3 Å². The van der Waals surface area contributed by atoms with Crippen LogP contribution in [0.4, 0.5) is 11.5 Å². The molecule has 0 aliphatic carbocycles. The summed E-state index contributed by atoms with van der Waals surface area (Å²) >= 11 is 0. The second kappa shape index (κ2) is 10.3. The molecule has 6 rings (SSSR count). The zero-order chi connectivity index (χ0) is 26.9. The average Bonchev–Trinajstić information content (AvgIpc) is 3.54. The Morgan fingerprint density at radius 2 is 1.72 bits per heavy atom. The fraction of sp³-hybridized carbons (Fsp3) is 0.267. The Labute approximate surface area is 226 Å². The molecule has 39 heavy (non-hydrogen) atoms. The molecule has 198 valence electrons. The van der Waals surface area contributed by atoms with Gasteiger partial charge in [-0.25, -0.2) is 9.48 Å². The Kier molecular flexibility index (Phi) is 6.58. The van der Waals surface area contributed by atoms with Gasteiger partial charge in [0.15, 0.2) is 5.65 Å². The maximum absolute atomic E-state index is 13.5. The number of likely N-dealkylation sites (tertiary alicyclic amines) is 1. The van der Waals surface area contributed by atoms with Crippen molar-refractivity contribution < 1.29 is 0 Å². The molecule has 0 radical (unpaired) electrons. The zero-order valence-corrected chi connectivity index (χ0v) is 22.1. The fourth-order valence-electron chi connectivity index (χ4n) is 5.33. The van der Waals surface area contributed by atoms with E-state index in [1.165, 1.54) is 4.57 Å². The molecule has 0 amide bonds. The van der Waals surface area contributed by atoms with Crippen LogP contribution >= 0.6 is 0 Å². The van der Waals surface area contributed by atoms with E-state index in [1.54, 1.807) is 22.5 Å². The van der Waals surface area contributed by atoms with Gasteiger partial charge in [0.25, 0.3) is 5.56 Å². The van der Waals surface area contributed by atoms with Crippen molar-refractivity contribution in [2.24, 2.45) is 7.05 Å². The highest BCUT2D eigenvalue weighted by molar-refractivity contribution is 5.89. The Morgan fingerprint density at radius 3 is 2.41 bits per heavy atom. The Bertz CT molecular complexity index is 1720. The van der Waals surface area contributed by atoms with Gasteiger partial charge in [0.1, 0.15) is 11.2 Å². The van der Waals surface area contributed by atoms with Gasteiger partial charge < -0.3 is 10.2 Å². The molecular formula is C30H31N7O2. The number of benzene rings is 2. The van der Waals surface area contributed by atoms with Gasteiger partial charge >= 0.3 is 5.69 Å².